The summed E-state index contributed by atoms with van der Waals surface area (Å²) < 4.78 is 0. The van der Waals surface area contributed by atoms with Crippen molar-refractivity contribution in [1.82, 2.24) is 0 Å². The van der Waals surface area contributed by atoms with E-state index in [9.17, 15) is 4.79 Å². The summed E-state index contributed by atoms with van der Waals surface area (Å²) in [4.78, 5) is 10.2. The van der Waals surface area contributed by atoms with E-state index in [4.69, 9.17) is 0 Å². The molecule has 0 aliphatic rings. The molecule has 0 amide bonds. The van der Waals surface area contributed by atoms with E-state index in [0.29, 0.717) is 6.42 Å². The lowest BCUT2D eigenvalue weighted by Crippen LogP contribution is -1.82. The average molecular weight is 202 g/mol. The lowest BCUT2D eigenvalue weighted by Gasteiger charge is -2.00. The van der Waals surface area contributed by atoms with Crippen molar-refractivity contribution in [3.05, 3.63) is 41.0 Å². The van der Waals surface area contributed by atoms with Crippen LogP contribution in [0.1, 0.15) is 37.8 Å². The van der Waals surface area contributed by atoms with E-state index in [1.807, 2.05) is 0 Å². The molecule has 0 aliphatic heterocycles. The fourth-order valence-electron chi connectivity index (χ4n) is 1.49. The van der Waals surface area contributed by atoms with Crippen LogP contribution in [-0.2, 0) is 11.2 Å². The molecule has 15 heavy (non-hydrogen) atoms. The summed E-state index contributed by atoms with van der Waals surface area (Å²) in [6.45, 7) is 4.22. The molecule has 0 saturated heterocycles. The lowest BCUT2D eigenvalue weighted by molar-refractivity contribution is -0.107. The Morgan fingerprint density at radius 3 is 2.47 bits per heavy atom. The third-order valence-electron chi connectivity index (χ3n) is 2.46. The van der Waals surface area contributed by atoms with Crippen LogP contribution in [0.3, 0.4) is 0 Å². The largest absolute Gasteiger partial charge is 0.303 e. The quantitative estimate of drug-likeness (QED) is 0.666. The molecule has 0 bridgehead atoms. The molecule has 0 unspecified atom stereocenters. The highest BCUT2D eigenvalue weighted by atomic mass is 16.1. The Labute approximate surface area is 91.8 Å². The molecule has 1 nitrogen and oxygen atoms in total. The van der Waals surface area contributed by atoms with Crippen LogP contribution in [0.25, 0.3) is 6.08 Å². The Morgan fingerprint density at radius 1 is 1.27 bits per heavy atom. The minimum absolute atomic E-state index is 0.620. The van der Waals surface area contributed by atoms with Gasteiger partial charge in [-0.05, 0) is 30.9 Å². The molecular weight excluding hydrogens is 184 g/mol. The number of aryl methyl sites for hydroxylation is 1. The Morgan fingerprint density at radius 2 is 1.93 bits per heavy atom. The summed E-state index contributed by atoms with van der Waals surface area (Å²) in [7, 11) is 0. The Hall–Kier alpha value is -1.37. The van der Waals surface area contributed by atoms with Crippen molar-refractivity contribution >= 4 is 12.4 Å². The maximum absolute atomic E-state index is 10.2. The molecule has 0 N–H and O–H groups in total. The van der Waals surface area contributed by atoms with Crippen LogP contribution in [-0.4, -0.2) is 6.29 Å². The van der Waals surface area contributed by atoms with Gasteiger partial charge in [0.1, 0.15) is 6.29 Å². The van der Waals surface area contributed by atoms with Crippen LogP contribution < -0.4 is 0 Å². The molecule has 1 aromatic rings. The zero-order valence-corrected chi connectivity index (χ0v) is 9.49. The van der Waals surface area contributed by atoms with Crippen LogP contribution in [0.4, 0.5) is 0 Å². The Bertz CT molecular complexity index is 333. The van der Waals surface area contributed by atoms with Crippen molar-refractivity contribution in [3.8, 4) is 0 Å². The van der Waals surface area contributed by atoms with E-state index in [1.165, 1.54) is 16.7 Å². The average Bonchev–Trinajstić information content (AvgIpc) is 2.27. The first-order valence-electron chi connectivity index (χ1n) is 5.46. The monoisotopic (exact) mass is 202 g/mol. The van der Waals surface area contributed by atoms with Crippen molar-refractivity contribution in [2.75, 3.05) is 0 Å². The van der Waals surface area contributed by atoms with Crippen molar-refractivity contribution < 1.29 is 4.79 Å². The summed E-state index contributed by atoms with van der Waals surface area (Å²) in [5, 5.41) is 0. The van der Waals surface area contributed by atoms with E-state index in [-0.39, 0.29) is 0 Å². The summed E-state index contributed by atoms with van der Waals surface area (Å²) >= 11 is 0. The Balaban J connectivity index is 2.66. The van der Waals surface area contributed by atoms with Crippen LogP contribution >= 0.6 is 0 Å². The lowest BCUT2D eigenvalue weighted by atomic mass is 10.1. The number of rotatable bonds is 5. The van der Waals surface area contributed by atoms with Gasteiger partial charge in [-0.1, -0.05) is 42.8 Å². The molecule has 0 fully saturated rings. The molecule has 0 aromatic heterocycles. The summed E-state index contributed by atoms with van der Waals surface area (Å²) in [6.07, 6.45) is 5.67. The van der Waals surface area contributed by atoms with Gasteiger partial charge in [0, 0.05) is 6.42 Å². The van der Waals surface area contributed by atoms with Crippen molar-refractivity contribution in [2.45, 2.75) is 33.1 Å². The highest BCUT2D eigenvalue weighted by molar-refractivity contribution is 5.55. The maximum Gasteiger partial charge on any atom is 0.120 e. The van der Waals surface area contributed by atoms with E-state index in [2.05, 4.69) is 44.2 Å². The second kappa shape index (κ2) is 6.18. The van der Waals surface area contributed by atoms with Crippen molar-refractivity contribution in [2.24, 2.45) is 0 Å². The molecule has 1 rings (SSSR count). The number of allylic oxidation sites excluding steroid dienone is 1. The number of carbonyl (C=O) groups excluding carboxylic acids is 1. The molecule has 0 radical (unpaired) electrons. The molecule has 1 heteroatoms. The molecule has 0 saturated carbocycles. The second-order valence-corrected chi connectivity index (χ2v) is 3.79. The zero-order chi connectivity index (χ0) is 11.1. The smallest absolute Gasteiger partial charge is 0.120 e. The van der Waals surface area contributed by atoms with E-state index < -0.39 is 0 Å². The normalized spacial score (nSPS) is 11.5. The summed E-state index contributed by atoms with van der Waals surface area (Å²) in [5.41, 5.74) is 3.83. The van der Waals surface area contributed by atoms with Crippen LogP contribution in [0.15, 0.2) is 29.8 Å². The van der Waals surface area contributed by atoms with Gasteiger partial charge in [0.05, 0.1) is 0 Å². The second-order valence-electron chi connectivity index (χ2n) is 3.79. The predicted octanol–water partition coefficient (Wildman–Crippen LogP) is 3.63. The predicted molar refractivity (Wildman–Crippen MR) is 64.8 cm³/mol. The third kappa shape index (κ3) is 4.11. The molecule has 80 valence electrons. The highest BCUT2D eigenvalue weighted by Gasteiger charge is 1.92. The van der Waals surface area contributed by atoms with Crippen LogP contribution in [0, 0.1) is 0 Å². The van der Waals surface area contributed by atoms with Gasteiger partial charge < -0.3 is 4.79 Å². The van der Waals surface area contributed by atoms with Gasteiger partial charge in [0.25, 0.3) is 0 Å². The van der Waals surface area contributed by atoms with E-state index in [0.717, 1.165) is 19.1 Å². The zero-order valence-electron chi connectivity index (χ0n) is 9.49. The summed E-state index contributed by atoms with van der Waals surface area (Å²) in [5.74, 6) is 0. The molecule has 0 heterocycles. The summed E-state index contributed by atoms with van der Waals surface area (Å²) in [6, 6.07) is 8.56. The Kier molecular flexibility index (Phi) is 4.82. The van der Waals surface area contributed by atoms with Gasteiger partial charge in [-0.2, -0.15) is 0 Å². The first-order chi connectivity index (χ1) is 7.26. The first-order valence-corrected chi connectivity index (χ1v) is 5.46. The van der Waals surface area contributed by atoms with Gasteiger partial charge in [-0.15, -0.1) is 0 Å². The fraction of sp³-hybridized carbons (Fsp3) is 0.357. The third-order valence-corrected chi connectivity index (χ3v) is 2.46. The molecule has 0 atom stereocenters. The van der Waals surface area contributed by atoms with Gasteiger partial charge in [0.15, 0.2) is 0 Å². The van der Waals surface area contributed by atoms with Crippen molar-refractivity contribution in [1.29, 1.82) is 0 Å². The minimum atomic E-state index is 0.620. The van der Waals surface area contributed by atoms with Gasteiger partial charge in [-0.25, -0.2) is 0 Å². The van der Waals surface area contributed by atoms with E-state index in [1.54, 1.807) is 0 Å². The molecule has 0 aliphatic carbocycles. The minimum Gasteiger partial charge on any atom is -0.303 e. The van der Waals surface area contributed by atoms with Gasteiger partial charge in [0.2, 0.25) is 0 Å². The number of aldehydes is 1. The maximum atomic E-state index is 10.2. The van der Waals surface area contributed by atoms with E-state index >= 15 is 0 Å². The fourth-order valence-corrected chi connectivity index (χ4v) is 1.49. The highest BCUT2D eigenvalue weighted by Crippen LogP contribution is 2.12. The molecule has 1 aromatic carbocycles. The van der Waals surface area contributed by atoms with Crippen molar-refractivity contribution in [3.63, 3.8) is 0 Å². The number of hydrogen-bond donors (Lipinski definition) is 0. The molecular formula is C14H18O. The topological polar surface area (TPSA) is 17.1 Å². The number of carbonyl (C=O) groups is 1. The number of benzene rings is 1. The number of hydrogen-bond acceptors (Lipinski definition) is 1. The van der Waals surface area contributed by atoms with Gasteiger partial charge in [-0.3, -0.25) is 0 Å². The van der Waals surface area contributed by atoms with Crippen LogP contribution in [0.2, 0.25) is 0 Å². The first kappa shape index (κ1) is 11.7. The molecule has 0 spiro atoms. The van der Waals surface area contributed by atoms with Gasteiger partial charge >= 0.3 is 0 Å². The standard InChI is InChI=1S/C14H18O/c1-3-13-6-8-14(9-7-13)11-12(2)5-4-10-15/h6-11H,3-5H2,1-2H3/b12-11-. The SMILES string of the molecule is CCc1ccc(/C=C(/C)CCC=O)cc1. The van der Waals surface area contributed by atoms with Crippen LogP contribution in [0.5, 0.6) is 0 Å².